The number of benzene rings is 1. The molecule has 2 rings (SSSR count). The highest BCUT2D eigenvalue weighted by atomic mass is 19.4. The summed E-state index contributed by atoms with van der Waals surface area (Å²) in [6.45, 7) is -0.414. The van der Waals surface area contributed by atoms with E-state index >= 15 is 0 Å². The average molecular weight is 383 g/mol. The Morgan fingerprint density at radius 1 is 1.22 bits per heavy atom. The lowest BCUT2D eigenvalue weighted by Crippen LogP contribution is -2.41. The Kier molecular flexibility index (Phi) is 6.69. The zero-order valence-electron chi connectivity index (χ0n) is 14.3. The number of nitrogens with one attached hydrogen (secondary N) is 3. The molecular formula is C17H17F4N5O. The number of guanidine groups is 1. The van der Waals surface area contributed by atoms with Crippen molar-refractivity contribution >= 4 is 17.6 Å². The van der Waals surface area contributed by atoms with Gasteiger partial charge in [-0.25, -0.2) is 4.39 Å². The van der Waals surface area contributed by atoms with Crippen LogP contribution >= 0.6 is 0 Å². The third-order valence-electron chi connectivity index (χ3n) is 3.41. The average Bonchev–Trinajstić information content (AvgIpc) is 2.62. The second-order valence-corrected chi connectivity index (χ2v) is 5.37. The minimum Gasteiger partial charge on any atom is -0.352 e. The summed E-state index contributed by atoms with van der Waals surface area (Å²) in [5, 5.41) is 7.93. The smallest absolute Gasteiger partial charge is 0.352 e. The molecule has 0 fully saturated rings. The Balaban J connectivity index is 1.92. The van der Waals surface area contributed by atoms with Crippen molar-refractivity contribution in [3.05, 3.63) is 59.7 Å². The van der Waals surface area contributed by atoms with E-state index in [9.17, 15) is 22.4 Å². The number of hydrogen-bond acceptors (Lipinski definition) is 3. The Morgan fingerprint density at radius 3 is 2.63 bits per heavy atom. The first kappa shape index (κ1) is 20.1. The first-order valence-corrected chi connectivity index (χ1v) is 7.79. The predicted octanol–water partition coefficient (Wildman–Crippen LogP) is 2.54. The summed E-state index contributed by atoms with van der Waals surface area (Å²) < 4.78 is 52.1. The van der Waals surface area contributed by atoms with E-state index in [0.29, 0.717) is 11.8 Å². The molecule has 0 saturated carbocycles. The van der Waals surface area contributed by atoms with Gasteiger partial charge in [-0.1, -0.05) is 6.07 Å². The number of amides is 1. The van der Waals surface area contributed by atoms with Crippen LogP contribution in [0.1, 0.15) is 11.1 Å². The second-order valence-electron chi connectivity index (χ2n) is 5.37. The number of carbonyl (C=O) groups is 1. The zero-order valence-corrected chi connectivity index (χ0v) is 14.3. The summed E-state index contributed by atoms with van der Waals surface area (Å²) >= 11 is 0. The summed E-state index contributed by atoms with van der Waals surface area (Å²) in [5.41, 5.74) is -0.709. The van der Waals surface area contributed by atoms with Crippen molar-refractivity contribution in [2.75, 3.05) is 18.9 Å². The summed E-state index contributed by atoms with van der Waals surface area (Å²) in [5.74, 6) is -1.24. The monoisotopic (exact) mass is 383 g/mol. The third kappa shape index (κ3) is 6.24. The lowest BCUT2D eigenvalue weighted by molar-refractivity contribution is -0.138. The minimum absolute atomic E-state index is 0.119. The molecule has 3 N–H and O–H groups in total. The highest BCUT2D eigenvalue weighted by molar-refractivity contribution is 5.94. The normalized spacial score (nSPS) is 11.8. The highest BCUT2D eigenvalue weighted by Crippen LogP contribution is 2.32. The Morgan fingerprint density at radius 2 is 2.00 bits per heavy atom. The van der Waals surface area contributed by atoms with Gasteiger partial charge < -0.3 is 16.0 Å². The number of aliphatic imine (C=N–C) groups is 1. The van der Waals surface area contributed by atoms with E-state index in [-0.39, 0.29) is 30.5 Å². The third-order valence-corrected chi connectivity index (χ3v) is 3.41. The van der Waals surface area contributed by atoms with Gasteiger partial charge in [-0.2, -0.15) is 13.2 Å². The number of alkyl halides is 3. The predicted molar refractivity (Wildman–Crippen MR) is 92.5 cm³/mol. The van der Waals surface area contributed by atoms with E-state index in [1.165, 1.54) is 13.2 Å². The highest BCUT2D eigenvalue weighted by Gasteiger charge is 2.33. The molecule has 1 aromatic carbocycles. The number of aromatic nitrogens is 1. The summed E-state index contributed by atoms with van der Waals surface area (Å²) in [6, 6.07) is 5.75. The van der Waals surface area contributed by atoms with Gasteiger partial charge >= 0.3 is 6.18 Å². The molecule has 1 amide bonds. The van der Waals surface area contributed by atoms with Crippen LogP contribution in [0.5, 0.6) is 0 Å². The molecule has 144 valence electrons. The number of carbonyl (C=O) groups excluding carboxylic acids is 1. The quantitative estimate of drug-likeness (QED) is 0.421. The van der Waals surface area contributed by atoms with E-state index in [0.717, 1.165) is 12.1 Å². The van der Waals surface area contributed by atoms with Crippen LogP contribution in [0, 0.1) is 5.82 Å². The molecule has 0 aliphatic carbocycles. The van der Waals surface area contributed by atoms with Crippen LogP contribution < -0.4 is 16.0 Å². The van der Waals surface area contributed by atoms with Crippen LogP contribution in [0.25, 0.3) is 0 Å². The van der Waals surface area contributed by atoms with Crippen LogP contribution in [-0.4, -0.2) is 30.4 Å². The van der Waals surface area contributed by atoms with Gasteiger partial charge in [-0.3, -0.25) is 14.8 Å². The van der Waals surface area contributed by atoms with Crippen LogP contribution in [0.15, 0.2) is 47.7 Å². The molecule has 0 saturated heterocycles. The maximum Gasteiger partial charge on any atom is 0.416 e. The summed E-state index contributed by atoms with van der Waals surface area (Å²) in [6.07, 6.45) is -1.65. The van der Waals surface area contributed by atoms with Crippen molar-refractivity contribution in [1.29, 1.82) is 0 Å². The van der Waals surface area contributed by atoms with Crippen LogP contribution in [-0.2, 0) is 17.5 Å². The van der Waals surface area contributed by atoms with Crippen LogP contribution in [0.3, 0.4) is 0 Å². The van der Waals surface area contributed by atoms with Gasteiger partial charge in [0.15, 0.2) is 5.96 Å². The second kappa shape index (κ2) is 8.97. The molecule has 0 spiro atoms. The lowest BCUT2D eigenvalue weighted by Gasteiger charge is -2.16. The summed E-state index contributed by atoms with van der Waals surface area (Å²) in [4.78, 5) is 19.6. The first-order valence-electron chi connectivity index (χ1n) is 7.79. The molecule has 0 aliphatic rings. The van der Waals surface area contributed by atoms with Crippen molar-refractivity contribution in [3.8, 4) is 0 Å². The maximum atomic E-state index is 13.1. The lowest BCUT2D eigenvalue weighted by atomic mass is 10.1. The molecule has 0 atom stereocenters. The van der Waals surface area contributed by atoms with Gasteiger partial charge in [0.1, 0.15) is 5.82 Å². The first-order chi connectivity index (χ1) is 12.8. The van der Waals surface area contributed by atoms with Gasteiger partial charge in [0.2, 0.25) is 5.91 Å². The number of hydrogen-bond donors (Lipinski definition) is 3. The molecule has 1 aromatic heterocycles. The van der Waals surface area contributed by atoms with E-state index < -0.39 is 17.6 Å². The fourth-order valence-electron chi connectivity index (χ4n) is 2.17. The van der Waals surface area contributed by atoms with Crippen LogP contribution in [0.4, 0.5) is 23.2 Å². The molecule has 0 bridgehead atoms. The van der Waals surface area contributed by atoms with E-state index in [1.807, 2.05) is 0 Å². The zero-order chi connectivity index (χ0) is 19.9. The van der Waals surface area contributed by atoms with Crippen molar-refractivity contribution in [3.63, 3.8) is 0 Å². The van der Waals surface area contributed by atoms with Crippen molar-refractivity contribution in [2.24, 2.45) is 4.99 Å². The molecule has 2 aromatic rings. The minimum atomic E-state index is -4.68. The molecule has 27 heavy (non-hydrogen) atoms. The molecular weight excluding hydrogens is 366 g/mol. The number of anilines is 1. The van der Waals surface area contributed by atoms with Gasteiger partial charge in [0.25, 0.3) is 0 Å². The standard InChI is InChI=1S/C17H17F4N5O/c1-22-16(25-10-15(27)26-13-3-2-6-23-9-13)24-8-11-4-5-12(18)7-14(11)17(19,20)21/h2-7,9H,8,10H2,1H3,(H,26,27)(H2,22,24,25). The largest absolute Gasteiger partial charge is 0.416 e. The fraction of sp³-hybridized carbons (Fsp3) is 0.235. The van der Waals surface area contributed by atoms with Crippen molar-refractivity contribution < 1.29 is 22.4 Å². The fourth-order valence-corrected chi connectivity index (χ4v) is 2.17. The molecule has 10 heteroatoms. The Hall–Kier alpha value is -3.17. The molecule has 1 heterocycles. The molecule has 0 radical (unpaired) electrons. The number of halogens is 4. The summed E-state index contributed by atoms with van der Waals surface area (Å²) in [7, 11) is 1.41. The topological polar surface area (TPSA) is 78.4 Å². The maximum absolute atomic E-state index is 13.1. The van der Waals surface area contributed by atoms with Gasteiger partial charge in [-0.05, 0) is 29.8 Å². The Bertz CT molecular complexity index is 809. The molecule has 6 nitrogen and oxygen atoms in total. The number of rotatable bonds is 5. The van der Waals surface area contributed by atoms with Gasteiger partial charge in [0.05, 0.1) is 24.0 Å². The molecule has 0 unspecified atom stereocenters. The Labute approximate surface area is 152 Å². The number of pyridine rings is 1. The van der Waals surface area contributed by atoms with E-state index in [4.69, 9.17) is 0 Å². The van der Waals surface area contributed by atoms with E-state index in [2.05, 4.69) is 25.9 Å². The number of nitrogens with zero attached hydrogens (tertiary/aromatic N) is 2. The van der Waals surface area contributed by atoms with Gasteiger partial charge in [-0.15, -0.1) is 0 Å². The van der Waals surface area contributed by atoms with Gasteiger partial charge in [0, 0.05) is 19.8 Å². The van der Waals surface area contributed by atoms with Crippen molar-refractivity contribution in [1.82, 2.24) is 15.6 Å². The SMILES string of the molecule is CN=C(NCC(=O)Nc1cccnc1)NCc1ccc(F)cc1C(F)(F)F. The van der Waals surface area contributed by atoms with Crippen LogP contribution in [0.2, 0.25) is 0 Å². The van der Waals surface area contributed by atoms with Crippen molar-refractivity contribution in [2.45, 2.75) is 12.7 Å². The molecule has 0 aliphatic heterocycles. The van der Waals surface area contributed by atoms with E-state index in [1.54, 1.807) is 18.3 Å².